The van der Waals surface area contributed by atoms with Crippen LogP contribution in [0, 0.1) is 0 Å². The summed E-state index contributed by atoms with van der Waals surface area (Å²) in [5, 5.41) is 12.8. The van der Waals surface area contributed by atoms with Crippen molar-refractivity contribution < 1.29 is 19.4 Å². The molecule has 25 heavy (non-hydrogen) atoms. The Kier molecular flexibility index (Phi) is 6.83. The molecule has 1 amide bonds. The number of carbonyl (C=O) groups excluding carboxylic acids is 2. The molecule has 0 saturated heterocycles. The van der Waals surface area contributed by atoms with Crippen LogP contribution < -0.4 is 5.32 Å². The first-order valence-electron chi connectivity index (χ1n) is 8.01. The van der Waals surface area contributed by atoms with Crippen LogP contribution in [-0.4, -0.2) is 23.6 Å². The molecule has 0 aromatic heterocycles. The standard InChI is InChI=1S/C19H20ClNO4/c1-2-6-16(13-7-4-3-5-8-13)21-18(23)12-25-19(24)15-11-14(20)9-10-17(15)22/h3-5,7-11,16,22H,2,6,12H2,1H3,(H,21,23)/t16-/m0/s1. The van der Waals surface area contributed by atoms with Crippen LogP contribution in [0.4, 0.5) is 0 Å². The third kappa shape index (κ3) is 5.50. The predicted molar refractivity (Wildman–Crippen MR) is 95.6 cm³/mol. The van der Waals surface area contributed by atoms with Crippen molar-refractivity contribution in [1.29, 1.82) is 0 Å². The van der Waals surface area contributed by atoms with Gasteiger partial charge in [-0.1, -0.05) is 55.3 Å². The van der Waals surface area contributed by atoms with Crippen LogP contribution >= 0.6 is 11.6 Å². The number of benzene rings is 2. The minimum Gasteiger partial charge on any atom is -0.507 e. The Bertz CT molecular complexity index is 733. The number of halogens is 1. The maximum absolute atomic E-state index is 12.1. The van der Waals surface area contributed by atoms with Crippen LogP contribution in [0.2, 0.25) is 5.02 Å². The van der Waals surface area contributed by atoms with E-state index in [0.29, 0.717) is 5.02 Å². The molecule has 0 heterocycles. The molecular formula is C19H20ClNO4. The van der Waals surface area contributed by atoms with Gasteiger partial charge >= 0.3 is 5.97 Å². The summed E-state index contributed by atoms with van der Waals surface area (Å²) in [5.74, 6) is -1.46. The summed E-state index contributed by atoms with van der Waals surface area (Å²) < 4.78 is 4.97. The maximum Gasteiger partial charge on any atom is 0.342 e. The van der Waals surface area contributed by atoms with Crippen LogP contribution in [-0.2, 0) is 9.53 Å². The minimum atomic E-state index is -0.804. The first-order chi connectivity index (χ1) is 12.0. The summed E-state index contributed by atoms with van der Waals surface area (Å²) in [6.45, 7) is 1.60. The molecule has 2 aromatic carbocycles. The number of phenolic OH excluding ortho intramolecular Hbond substituents is 1. The smallest absolute Gasteiger partial charge is 0.342 e. The lowest BCUT2D eigenvalue weighted by Crippen LogP contribution is -2.32. The predicted octanol–water partition coefficient (Wildman–Crippen LogP) is 3.86. The number of hydrogen-bond donors (Lipinski definition) is 2. The third-order valence-corrected chi connectivity index (χ3v) is 3.86. The zero-order valence-electron chi connectivity index (χ0n) is 13.9. The molecule has 0 aliphatic carbocycles. The Morgan fingerprint density at radius 3 is 2.60 bits per heavy atom. The highest BCUT2D eigenvalue weighted by Gasteiger charge is 2.17. The summed E-state index contributed by atoms with van der Waals surface area (Å²) in [5.41, 5.74) is 0.921. The second-order valence-electron chi connectivity index (χ2n) is 5.56. The second kappa shape index (κ2) is 9.08. The molecule has 0 unspecified atom stereocenters. The number of amides is 1. The first kappa shape index (κ1) is 18.8. The number of ether oxygens (including phenoxy) is 1. The number of esters is 1. The van der Waals surface area contributed by atoms with Gasteiger partial charge in [0.05, 0.1) is 6.04 Å². The molecule has 0 spiro atoms. The molecule has 0 fully saturated rings. The Labute approximate surface area is 151 Å². The highest BCUT2D eigenvalue weighted by Crippen LogP contribution is 2.22. The molecule has 2 aromatic rings. The van der Waals surface area contributed by atoms with Gasteiger partial charge in [-0.3, -0.25) is 4.79 Å². The molecule has 0 saturated carbocycles. The van der Waals surface area contributed by atoms with E-state index in [4.69, 9.17) is 16.3 Å². The average molecular weight is 362 g/mol. The normalized spacial score (nSPS) is 11.6. The molecule has 0 aliphatic rings. The highest BCUT2D eigenvalue weighted by molar-refractivity contribution is 6.31. The lowest BCUT2D eigenvalue weighted by atomic mass is 10.0. The Balaban J connectivity index is 1.94. The van der Waals surface area contributed by atoms with Crippen molar-refractivity contribution in [3.63, 3.8) is 0 Å². The van der Waals surface area contributed by atoms with Crippen LogP contribution in [0.5, 0.6) is 5.75 Å². The molecule has 2 N–H and O–H groups in total. The number of nitrogens with one attached hydrogen (secondary N) is 1. The van der Waals surface area contributed by atoms with E-state index in [-0.39, 0.29) is 17.4 Å². The Morgan fingerprint density at radius 1 is 1.20 bits per heavy atom. The van der Waals surface area contributed by atoms with Gasteiger partial charge < -0.3 is 15.2 Å². The van der Waals surface area contributed by atoms with Gasteiger partial charge in [0.1, 0.15) is 11.3 Å². The van der Waals surface area contributed by atoms with E-state index in [0.717, 1.165) is 18.4 Å². The second-order valence-corrected chi connectivity index (χ2v) is 5.99. The molecule has 0 aliphatic heterocycles. The average Bonchev–Trinajstić information content (AvgIpc) is 2.62. The topological polar surface area (TPSA) is 75.6 Å². The van der Waals surface area contributed by atoms with Crippen molar-refractivity contribution >= 4 is 23.5 Å². The van der Waals surface area contributed by atoms with Crippen molar-refractivity contribution in [2.75, 3.05) is 6.61 Å². The fourth-order valence-electron chi connectivity index (χ4n) is 2.41. The number of phenols is 1. The van der Waals surface area contributed by atoms with Crippen molar-refractivity contribution in [2.24, 2.45) is 0 Å². The summed E-state index contributed by atoms with van der Waals surface area (Å²) in [6.07, 6.45) is 1.68. The van der Waals surface area contributed by atoms with Gasteiger partial charge in [-0.05, 0) is 30.2 Å². The van der Waals surface area contributed by atoms with Crippen LogP contribution in [0.1, 0.15) is 41.7 Å². The van der Waals surface area contributed by atoms with E-state index in [1.807, 2.05) is 37.3 Å². The minimum absolute atomic E-state index is 0.0755. The van der Waals surface area contributed by atoms with Gasteiger partial charge in [-0.2, -0.15) is 0 Å². The lowest BCUT2D eigenvalue weighted by Gasteiger charge is -2.18. The van der Waals surface area contributed by atoms with E-state index >= 15 is 0 Å². The van der Waals surface area contributed by atoms with Crippen molar-refractivity contribution in [2.45, 2.75) is 25.8 Å². The van der Waals surface area contributed by atoms with Crippen molar-refractivity contribution in [3.8, 4) is 5.75 Å². The van der Waals surface area contributed by atoms with Crippen LogP contribution in [0.25, 0.3) is 0 Å². The quantitative estimate of drug-likeness (QED) is 0.734. The van der Waals surface area contributed by atoms with Gasteiger partial charge in [-0.15, -0.1) is 0 Å². The largest absolute Gasteiger partial charge is 0.507 e. The van der Waals surface area contributed by atoms with Gasteiger partial charge in [0.2, 0.25) is 0 Å². The van der Waals surface area contributed by atoms with E-state index in [2.05, 4.69) is 5.32 Å². The van der Waals surface area contributed by atoms with E-state index in [1.54, 1.807) is 0 Å². The SMILES string of the molecule is CCC[C@H](NC(=O)COC(=O)c1cc(Cl)ccc1O)c1ccccc1. The number of rotatable bonds is 7. The number of aromatic hydroxyl groups is 1. The molecule has 0 bridgehead atoms. The fraction of sp³-hybridized carbons (Fsp3) is 0.263. The zero-order valence-corrected chi connectivity index (χ0v) is 14.6. The Morgan fingerprint density at radius 2 is 1.92 bits per heavy atom. The van der Waals surface area contributed by atoms with Gasteiger partial charge in [0.15, 0.2) is 6.61 Å². The fourth-order valence-corrected chi connectivity index (χ4v) is 2.58. The zero-order chi connectivity index (χ0) is 18.2. The van der Waals surface area contributed by atoms with E-state index in [1.165, 1.54) is 18.2 Å². The molecular weight excluding hydrogens is 342 g/mol. The monoisotopic (exact) mass is 361 g/mol. The lowest BCUT2D eigenvalue weighted by molar-refractivity contribution is -0.125. The molecule has 1 atom stereocenters. The summed E-state index contributed by atoms with van der Waals surface area (Å²) in [4.78, 5) is 24.1. The van der Waals surface area contributed by atoms with E-state index < -0.39 is 18.5 Å². The summed E-state index contributed by atoms with van der Waals surface area (Å²) >= 11 is 5.80. The molecule has 6 heteroatoms. The molecule has 0 radical (unpaired) electrons. The molecule has 132 valence electrons. The van der Waals surface area contributed by atoms with Crippen molar-refractivity contribution in [1.82, 2.24) is 5.32 Å². The third-order valence-electron chi connectivity index (χ3n) is 3.63. The summed E-state index contributed by atoms with van der Waals surface area (Å²) in [6, 6.07) is 13.5. The number of carbonyl (C=O) groups is 2. The Hall–Kier alpha value is -2.53. The van der Waals surface area contributed by atoms with Gasteiger partial charge in [-0.25, -0.2) is 4.79 Å². The number of hydrogen-bond acceptors (Lipinski definition) is 4. The van der Waals surface area contributed by atoms with Gasteiger partial charge in [0, 0.05) is 5.02 Å². The van der Waals surface area contributed by atoms with Crippen LogP contribution in [0.15, 0.2) is 48.5 Å². The van der Waals surface area contributed by atoms with E-state index in [9.17, 15) is 14.7 Å². The maximum atomic E-state index is 12.1. The molecule has 5 nitrogen and oxygen atoms in total. The summed E-state index contributed by atoms with van der Waals surface area (Å²) in [7, 11) is 0. The first-order valence-corrected chi connectivity index (χ1v) is 8.39. The van der Waals surface area contributed by atoms with Gasteiger partial charge in [0.25, 0.3) is 5.91 Å². The highest BCUT2D eigenvalue weighted by atomic mass is 35.5. The van der Waals surface area contributed by atoms with Crippen molar-refractivity contribution in [3.05, 3.63) is 64.7 Å². The van der Waals surface area contributed by atoms with Crippen LogP contribution in [0.3, 0.4) is 0 Å². The molecule has 2 rings (SSSR count).